The average molecular weight is 548 g/mol. The van der Waals surface area contributed by atoms with E-state index in [-0.39, 0.29) is 17.3 Å². The first kappa shape index (κ1) is 24.7. The van der Waals surface area contributed by atoms with Crippen molar-refractivity contribution in [2.24, 2.45) is 5.41 Å². The molecule has 4 aromatic rings. The Bertz CT molecular complexity index is 1720. The molecule has 4 nitrogen and oxygen atoms in total. The molecule has 1 aliphatic carbocycles. The summed E-state index contributed by atoms with van der Waals surface area (Å²) < 4.78 is 14.3. The third kappa shape index (κ3) is 3.28. The highest BCUT2D eigenvalue weighted by Gasteiger charge is 2.71. The molecule has 3 atom stereocenters. The lowest BCUT2D eigenvalue weighted by atomic mass is 9.64. The molecule has 0 saturated carbocycles. The normalized spacial score (nSPS) is 21.9. The molecular formula is C34H23ClFNO3. The fourth-order valence-electron chi connectivity index (χ4n) is 6.88. The molecule has 2 heterocycles. The minimum absolute atomic E-state index is 0.244. The van der Waals surface area contributed by atoms with E-state index >= 15 is 0 Å². The second-order valence-corrected chi connectivity index (χ2v) is 11.1. The average Bonchev–Trinajstić information content (AvgIpc) is 3.39. The zero-order chi connectivity index (χ0) is 27.8. The molecular weight excluding hydrogens is 525 g/mol. The van der Waals surface area contributed by atoms with E-state index in [0.29, 0.717) is 33.0 Å². The second kappa shape index (κ2) is 8.83. The highest BCUT2D eigenvalue weighted by molar-refractivity contribution is 6.32. The molecule has 0 N–H and O–H groups in total. The van der Waals surface area contributed by atoms with E-state index in [2.05, 4.69) is 0 Å². The number of fused-ring (bicyclic) bond motifs is 5. The first-order valence-electron chi connectivity index (χ1n) is 13.1. The molecule has 196 valence electrons. The first-order valence-corrected chi connectivity index (χ1v) is 13.5. The Morgan fingerprint density at radius 2 is 1.52 bits per heavy atom. The molecule has 0 amide bonds. The van der Waals surface area contributed by atoms with Crippen LogP contribution in [0, 0.1) is 18.2 Å². The molecule has 3 aliphatic rings. The van der Waals surface area contributed by atoms with E-state index in [1.807, 2.05) is 36.1 Å². The van der Waals surface area contributed by atoms with Gasteiger partial charge < -0.3 is 4.90 Å². The van der Waals surface area contributed by atoms with Gasteiger partial charge in [-0.3, -0.25) is 14.4 Å². The highest BCUT2D eigenvalue weighted by Crippen LogP contribution is 2.61. The van der Waals surface area contributed by atoms with Crippen molar-refractivity contribution in [3.8, 4) is 0 Å². The van der Waals surface area contributed by atoms with Crippen LogP contribution in [0.5, 0.6) is 0 Å². The zero-order valence-corrected chi connectivity index (χ0v) is 22.2. The van der Waals surface area contributed by atoms with Gasteiger partial charge in [-0.05, 0) is 55.0 Å². The maximum Gasteiger partial charge on any atom is 0.185 e. The van der Waals surface area contributed by atoms with Crippen LogP contribution in [0.2, 0.25) is 5.02 Å². The Balaban J connectivity index is 1.54. The van der Waals surface area contributed by atoms with Crippen molar-refractivity contribution in [2.45, 2.75) is 24.9 Å². The van der Waals surface area contributed by atoms with Crippen molar-refractivity contribution in [2.75, 3.05) is 4.90 Å². The number of Topliss-reactive ketones (excluding diaryl/α,β-unsaturated/α-hetero) is 3. The molecule has 0 aromatic heterocycles. The molecule has 40 heavy (non-hydrogen) atoms. The minimum atomic E-state index is -1.59. The maximum absolute atomic E-state index is 14.6. The summed E-state index contributed by atoms with van der Waals surface area (Å²) in [5, 5.41) is 0.491. The third-order valence-corrected chi connectivity index (χ3v) is 8.85. The summed E-state index contributed by atoms with van der Waals surface area (Å²) >= 11 is 6.14. The first-order chi connectivity index (χ1) is 19.3. The lowest BCUT2D eigenvalue weighted by Crippen LogP contribution is -2.48. The smallest absolute Gasteiger partial charge is 0.185 e. The number of anilines is 1. The number of rotatable bonds is 3. The number of nitrogens with zero attached hydrogens (tertiary/aromatic N) is 1. The number of hydrogen-bond acceptors (Lipinski definition) is 4. The largest absolute Gasteiger partial charge is 0.352 e. The minimum Gasteiger partial charge on any atom is -0.352 e. The van der Waals surface area contributed by atoms with Gasteiger partial charge in [-0.2, -0.15) is 0 Å². The predicted molar refractivity (Wildman–Crippen MR) is 153 cm³/mol. The van der Waals surface area contributed by atoms with Crippen LogP contribution in [0.4, 0.5) is 10.1 Å². The molecule has 1 saturated heterocycles. The molecule has 6 heteroatoms. The van der Waals surface area contributed by atoms with Crippen molar-refractivity contribution in [3.05, 3.63) is 141 Å². The van der Waals surface area contributed by atoms with Crippen LogP contribution >= 0.6 is 11.6 Å². The van der Waals surface area contributed by atoms with Crippen LogP contribution in [-0.4, -0.2) is 29.4 Å². The van der Waals surface area contributed by atoms with E-state index in [4.69, 9.17) is 11.6 Å². The van der Waals surface area contributed by atoms with Gasteiger partial charge in [0.05, 0.1) is 6.04 Å². The van der Waals surface area contributed by atoms with Crippen LogP contribution in [0.1, 0.15) is 53.7 Å². The zero-order valence-electron chi connectivity index (χ0n) is 21.5. The molecule has 4 aromatic carbocycles. The summed E-state index contributed by atoms with van der Waals surface area (Å²) in [6, 6.07) is 23.9. The van der Waals surface area contributed by atoms with Gasteiger partial charge in [0.15, 0.2) is 17.3 Å². The predicted octanol–water partition coefficient (Wildman–Crippen LogP) is 7.10. The topological polar surface area (TPSA) is 54.5 Å². The summed E-state index contributed by atoms with van der Waals surface area (Å²) in [7, 11) is 0. The van der Waals surface area contributed by atoms with Crippen LogP contribution in [-0.2, 0) is 0 Å². The third-order valence-electron chi connectivity index (χ3n) is 8.60. The van der Waals surface area contributed by atoms with E-state index < -0.39 is 29.2 Å². The van der Waals surface area contributed by atoms with Gasteiger partial charge in [-0.1, -0.05) is 77.8 Å². The van der Waals surface area contributed by atoms with E-state index in [1.54, 1.807) is 66.7 Å². The maximum atomic E-state index is 14.6. The summed E-state index contributed by atoms with van der Waals surface area (Å²) in [4.78, 5) is 45.6. The lowest BCUT2D eigenvalue weighted by molar-refractivity contribution is 0.0666. The number of hydrogen-bond donors (Lipinski definition) is 0. The van der Waals surface area contributed by atoms with E-state index in [9.17, 15) is 18.8 Å². The van der Waals surface area contributed by atoms with Crippen molar-refractivity contribution >= 4 is 40.7 Å². The Morgan fingerprint density at radius 1 is 0.875 bits per heavy atom. The molecule has 1 unspecified atom stereocenters. The molecule has 7 rings (SSSR count). The van der Waals surface area contributed by atoms with Gasteiger partial charge in [0.25, 0.3) is 0 Å². The second-order valence-electron chi connectivity index (χ2n) is 10.7. The van der Waals surface area contributed by atoms with Crippen LogP contribution in [0.25, 0.3) is 6.08 Å². The standard InChI is InChI=1S/C34H23ClFNO3/c1-19-6-8-20(9-7-19)29-30(31(38)21-10-13-23(35)14-11-21)37-27-16-15-24(36)18-22(27)12-17-28(37)34(29)32(39)25-4-2-3-5-26(25)33(34)40/h2-18,28-30H,1H3/t28?,29-,30+/m0/s1. The summed E-state index contributed by atoms with van der Waals surface area (Å²) in [6.45, 7) is 1.96. The van der Waals surface area contributed by atoms with Gasteiger partial charge >= 0.3 is 0 Å². The summed E-state index contributed by atoms with van der Waals surface area (Å²) in [6.07, 6.45) is 3.55. The van der Waals surface area contributed by atoms with Gasteiger partial charge in [0.1, 0.15) is 17.3 Å². The fourth-order valence-corrected chi connectivity index (χ4v) is 7.01. The van der Waals surface area contributed by atoms with E-state index in [1.165, 1.54) is 12.1 Å². The van der Waals surface area contributed by atoms with Crippen molar-refractivity contribution in [1.82, 2.24) is 0 Å². The monoisotopic (exact) mass is 547 g/mol. The van der Waals surface area contributed by atoms with Gasteiger partial charge in [0, 0.05) is 38.9 Å². The Morgan fingerprint density at radius 3 is 2.17 bits per heavy atom. The molecule has 2 aliphatic heterocycles. The Labute approximate surface area is 235 Å². The molecule has 1 spiro atoms. The Kier molecular flexibility index (Phi) is 5.45. The molecule has 1 fully saturated rings. The van der Waals surface area contributed by atoms with Crippen molar-refractivity contribution in [3.63, 3.8) is 0 Å². The summed E-state index contributed by atoms with van der Waals surface area (Å²) in [5.74, 6) is -2.06. The summed E-state index contributed by atoms with van der Waals surface area (Å²) in [5.41, 5.74) is 2.47. The van der Waals surface area contributed by atoms with Gasteiger partial charge in [0.2, 0.25) is 0 Å². The number of aryl methyl sites for hydroxylation is 1. The number of ketones is 3. The SMILES string of the molecule is Cc1ccc([C@H]2[C@H](C(=O)c3ccc(Cl)cc3)N3c4ccc(F)cc4C=CC3C23C(=O)c2ccccc2C3=O)cc1. The van der Waals surface area contributed by atoms with Crippen LogP contribution in [0.15, 0.2) is 97.1 Å². The van der Waals surface area contributed by atoms with Gasteiger partial charge in [-0.15, -0.1) is 0 Å². The highest BCUT2D eigenvalue weighted by atomic mass is 35.5. The van der Waals surface area contributed by atoms with Crippen LogP contribution < -0.4 is 4.90 Å². The van der Waals surface area contributed by atoms with Crippen molar-refractivity contribution < 1.29 is 18.8 Å². The number of carbonyl (C=O) groups excluding carboxylic acids is 3. The van der Waals surface area contributed by atoms with Crippen molar-refractivity contribution in [1.29, 1.82) is 0 Å². The van der Waals surface area contributed by atoms with E-state index in [0.717, 1.165) is 11.1 Å². The fraction of sp³-hybridized carbons (Fsp3) is 0.147. The van der Waals surface area contributed by atoms with Crippen LogP contribution in [0.3, 0.4) is 0 Å². The quantitative estimate of drug-likeness (QED) is 0.203. The molecule has 0 radical (unpaired) electrons. The van der Waals surface area contributed by atoms with Gasteiger partial charge in [-0.25, -0.2) is 4.39 Å². The number of carbonyl (C=O) groups is 3. The number of halogens is 2. The number of benzene rings is 4. The lowest BCUT2D eigenvalue weighted by Gasteiger charge is -2.37. The Hall–Kier alpha value is -4.35. The molecule has 0 bridgehead atoms.